The highest BCUT2D eigenvalue weighted by Gasteiger charge is 2.19. The number of rotatable bonds is 2. The van der Waals surface area contributed by atoms with Crippen molar-refractivity contribution >= 4 is 11.8 Å². The number of aryl methyl sites for hydroxylation is 1. The van der Waals surface area contributed by atoms with Crippen molar-refractivity contribution in [3.63, 3.8) is 0 Å². The lowest BCUT2D eigenvalue weighted by atomic mass is 10.1. The number of hydrogen-bond acceptors (Lipinski definition) is 4. The molecule has 0 unspecified atom stereocenters. The zero-order chi connectivity index (χ0) is 14.8. The summed E-state index contributed by atoms with van der Waals surface area (Å²) in [6.07, 6.45) is 0.932. The standard InChI is InChI=1S/C15H18N2O3/c1-10-7-5-6-8-11(10)13-12(9-16-20-13)17-14(18)19-15(2,3)4/h5-9H,1-4H3,(H,17,18). The summed E-state index contributed by atoms with van der Waals surface area (Å²) in [5, 5.41) is 6.40. The zero-order valence-corrected chi connectivity index (χ0v) is 12.1. The van der Waals surface area contributed by atoms with E-state index in [1.54, 1.807) is 0 Å². The molecule has 2 aromatic rings. The summed E-state index contributed by atoms with van der Waals surface area (Å²) in [5.41, 5.74) is 1.87. The number of aromatic nitrogens is 1. The molecule has 0 saturated carbocycles. The van der Waals surface area contributed by atoms with Gasteiger partial charge in [0.2, 0.25) is 0 Å². The van der Waals surface area contributed by atoms with Gasteiger partial charge in [0.25, 0.3) is 0 Å². The Morgan fingerprint density at radius 2 is 2.00 bits per heavy atom. The van der Waals surface area contributed by atoms with E-state index in [9.17, 15) is 4.79 Å². The molecule has 0 saturated heterocycles. The first-order chi connectivity index (χ1) is 9.37. The monoisotopic (exact) mass is 274 g/mol. The quantitative estimate of drug-likeness (QED) is 0.899. The lowest BCUT2D eigenvalue weighted by molar-refractivity contribution is 0.0636. The van der Waals surface area contributed by atoms with E-state index in [-0.39, 0.29) is 0 Å². The smallest absolute Gasteiger partial charge is 0.412 e. The normalized spacial score (nSPS) is 11.2. The minimum Gasteiger partial charge on any atom is -0.444 e. The number of anilines is 1. The number of nitrogens with zero attached hydrogens (tertiary/aromatic N) is 1. The molecule has 0 fully saturated rings. The second kappa shape index (κ2) is 5.36. The van der Waals surface area contributed by atoms with Crippen molar-refractivity contribution in [3.8, 4) is 11.3 Å². The second-order valence-electron chi connectivity index (χ2n) is 5.51. The number of nitrogens with one attached hydrogen (secondary N) is 1. The first-order valence-electron chi connectivity index (χ1n) is 6.37. The van der Waals surface area contributed by atoms with Gasteiger partial charge in [0.15, 0.2) is 5.76 Å². The fourth-order valence-electron chi connectivity index (χ4n) is 1.76. The van der Waals surface area contributed by atoms with Crippen LogP contribution in [-0.2, 0) is 4.74 Å². The molecule has 5 nitrogen and oxygen atoms in total. The van der Waals surface area contributed by atoms with Crippen molar-refractivity contribution in [2.45, 2.75) is 33.3 Å². The van der Waals surface area contributed by atoms with Gasteiger partial charge in [0.05, 0.1) is 6.20 Å². The summed E-state index contributed by atoms with van der Waals surface area (Å²) in [6, 6.07) is 7.73. The van der Waals surface area contributed by atoms with Crippen molar-refractivity contribution in [3.05, 3.63) is 36.0 Å². The van der Waals surface area contributed by atoms with Crippen molar-refractivity contribution in [2.75, 3.05) is 5.32 Å². The first kappa shape index (κ1) is 14.1. The second-order valence-corrected chi connectivity index (χ2v) is 5.51. The summed E-state index contributed by atoms with van der Waals surface area (Å²) in [6.45, 7) is 7.39. The van der Waals surface area contributed by atoms with Crippen molar-refractivity contribution in [1.82, 2.24) is 5.16 Å². The fraction of sp³-hybridized carbons (Fsp3) is 0.333. The van der Waals surface area contributed by atoms with E-state index >= 15 is 0 Å². The molecule has 0 aliphatic heterocycles. The van der Waals surface area contributed by atoms with Crippen molar-refractivity contribution in [2.24, 2.45) is 0 Å². The Morgan fingerprint density at radius 1 is 1.30 bits per heavy atom. The number of ether oxygens (including phenoxy) is 1. The molecule has 106 valence electrons. The summed E-state index contributed by atoms with van der Waals surface area (Å²) in [7, 11) is 0. The third kappa shape index (κ3) is 3.38. The SMILES string of the molecule is Cc1ccccc1-c1oncc1NC(=O)OC(C)(C)C. The van der Waals surface area contributed by atoms with Crippen LogP contribution >= 0.6 is 0 Å². The molecular formula is C15H18N2O3. The Bertz CT molecular complexity index is 612. The van der Waals surface area contributed by atoms with Crippen LogP contribution in [0, 0.1) is 6.92 Å². The molecule has 0 bridgehead atoms. The number of amides is 1. The van der Waals surface area contributed by atoms with E-state index in [1.807, 2.05) is 52.0 Å². The molecule has 0 atom stereocenters. The van der Waals surface area contributed by atoms with Crippen LogP contribution in [0.5, 0.6) is 0 Å². The van der Waals surface area contributed by atoms with Gasteiger partial charge in [-0.25, -0.2) is 4.79 Å². The van der Waals surface area contributed by atoms with Gasteiger partial charge in [0, 0.05) is 5.56 Å². The predicted octanol–water partition coefficient (Wildman–Crippen LogP) is 4.00. The fourth-order valence-corrected chi connectivity index (χ4v) is 1.76. The molecule has 1 amide bonds. The van der Waals surface area contributed by atoms with Gasteiger partial charge in [-0.15, -0.1) is 0 Å². The van der Waals surface area contributed by atoms with E-state index in [1.165, 1.54) is 6.20 Å². The number of carbonyl (C=O) groups is 1. The lowest BCUT2D eigenvalue weighted by Crippen LogP contribution is -2.27. The molecule has 0 aliphatic rings. The predicted molar refractivity (Wildman–Crippen MR) is 76.5 cm³/mol. The van der Waals surface area contributed by atoms with E-state index in [0.717, 1.165) is 11.1 Å². The first-order valence-corrected chi connectivity index (χ1v) is 6.37. The summed E-state index contributed by atoms with van der Waals surface area (Å²) in [5.74, 6) is 0.522. The average Bonchev–Trinajstić information content (AvgIpc) is 2.75. The topological polar surface area (TPSA) is 64.4 Å². The maximum atomic E-state index is 11.8. The third-order valence-corrected chi connectivity index (χ3v) is 2.60. The van der Waals surface area contributed by atoms with Crippen LogP contribution in [0.2, 0.25) is 0 Å². The molecule has 20 heavy (non-hydrogen) atoms. The van der Waals surface area contributed by atoms with Gasteiger partial charge < -0.3 is 9.26 Å². The maximum Gasteiger partial charge on any atom is 0.412 e. The maximum absolute atomic E-state index is 11.8. The van der Waals surface area contributed by atoms with E-state index in [4.69, 9.17) is 9.26 Å². The van der Waals surface area contributed by atoms with E-state index in [2.05, 4.69) is 10.5 Å². The number of benzene rings is 1. The van der Waals surface area contributed by atoms with E-state index < -0.39 is 11.7 Å². The van der Waals surface area contributed by atoms with Gasteiger partial charge in [-0.1, -0.05) is 29.4 Å². The highest BCUT2D eigenvalue weighted by molar-refractivity contribution is 5.90. The van der Waals surface area contributed by atoms with Crippen LogP contribution in [-0.4, -0.2) is 16.9 Å². The Kier molecular flexibility index (Phi) is 3.79. The number of hydrogen-bond donors (Lipinski definition) is 1. The van der Waals surface area contributed by atoms with E-state index in [0.29, 0.717) is 11.4 Å². The Balaban J connectivity index is 2.22. The van der Waals surface area contributed by atoms with Gasteiger partial charge in [0.1, 0.15) is 11.3 Å². The Labute approximate surface area is 117 Å². The zero-order valence-electron chi connectivity index (χ0n) is 12.1. The van der Waals surface area contributed by atoms with Crippen LogP contribution in [0.25, 0.3) is 11.3 Å². The molecule has 1 heterocycles. The van der Waals surface area contributed by atoms with Crippen LogP contribution in [0.3, 0.4) is 0 Å². The Hall–Kier alpha value is -2.30. The molecule has 2 rings (SSSR count). The van der Waals surface area contributed by atoms with Gasteiger partial charge in [-0.2, -0.15) is 0 Å². The molecule has 0 spiro atoms. The average molecular weight is 274 g/mol. The van der Waals surface area contributed by atoms with Crippen LogP contribution in [0.1, 0.15) is 26.3 Å². The molecule has 1 N–H and O–H groups in total. The van der Waals surface area contributed by atoms with Crippen molar-refractivity contribution < 1.29 is 14.1 Å². The summed E-state index contributed by atoms with van der Waals surface area (Å²) in [4.78, 5) is 11.8. The van der Waals surface area contributed by atoms with Gasteiger partial charge >= 0.3 is 6.09 Å². The third-order valence-electron chi connectivity index (χ3n) is 2.60. The van der Waals surface area contributed by atoms with Gasteiger partial charge in [-0.05, 0) is 33.3 Å². The highest BCUT2D eigenvalue weighted by atomic mass is 16.6. The molecule has 0 aliphatic carbocycles. The number of carbonyl (C=O) groups excluding carboxylic acids is 1. The van der Waals surface area contributed by atoms with Crippen molar-refractivity contribution in [1.29, 1.82) is 0 Å². The molecule has 5 heteroatoms. The van der Waals surface area contributed by atoms with Crippen LogP contribution < -0.4 is 5.32 Å². The van der Waals surface area contributed by atoms with Gasteiger partial charge in [-0.3, -0.25) is 5.32 Å². The summed E-state index contributed by atoms with van der Waals surface area (Å²) < 4.78 is 10.5. The summed E-state index contributed by atoms with van der Waals surface area (Å²) >= 11 is 0. The Morgan fingerprint density at radius 3 is 2.65 bits per heavy atom. The largest absolute Gasteiger partial charge is 0.444 e. The van der Waals surface area contributed by atoms with Crippen LogP contribution in [0.4, 0.5) is 10.5 Å². The minimum atomic E-state index is -0.552. The molecule has 1 aromatic carbocycles. The molecular weight excluding hydrogens is 256 g/mol. The minimum absolute atomic E-state index is 0.494. The lowest BCUT2D eigenvalue weighted by Gasteiger charge is -2.19. The van der Waals surface area contributed by atoms with Crippen LogP contribution in [0.15, 0.2) is 35.0 Å². The highest BCUT2D eigenvalue weighted by Crippen LogP contribution is 2.30. The molecule has 1 aromatic heterocycles. The molecule has 0 radical (unpaired) electrons.